The van der Waals surface area contributed by atoms with Crippen LogP contribution in [0.2, 0.25) is 0 Å². The second-order valence-corrected chi connectivity index (χ2v) is 6.32. The number of aromatic nitrogens is 1. The predicted octanol–water partition coefficient (Wildman–Crippen LogP) is 2.14. The van der Waals surface area contributed by atoms with Crippen molar-refractivity contribution in [2.45, 2.75) is 45.3 Å². The summed E-state index contributed by atoms with van der Waals surface area (Å²) in [5.74, 6) is -0.0318. The number of piperidine rings is 1. The Morgan fingerprint density at radius 1 is 1.43 bits per heavy atom. The lowest BCUT2D eigenvalue weighted by Gasteiger charge is -2.33. The molecule has 2 N–H and O–H groups in total. The molecule has 0 radical (unpaired) electrons. The zero-order valence-electron chi connectivity index (χ0n) is 12.8. The van der Waals surface area contributed by atoms with E-state index in [1.54, 1.807) is 23.2 Å². The van der Waals surface area contributed by atoms with Gasteiger partial charge in [-0.2, -0.15) is 0 Å². The van der Waals surface area contributed by atoms with E-state index in [1.165, 1.54) is 0 Å². The molecule has 1 saturated heterocycles. The number of ether oxygens (including phenoxy) is 1. The van der Waals surface area contributed by atoms with Crippen LogP contribution in [0.5, 0.6) is 0 Å². The van der Waals surface area contributed by atoms with E-state index in [2.05, 4.69) is 10.3 Å². The van der Waals surface area contributed by atoms with Gasteiger partial charge in [0, 0.05) is 25.3 Å². The van der Waals surface area contributed by atoms with Crippen LogP contribution in [0.3, 0.4) is 0 Å². The van der Waals surface area contributed by atoms with Gasteiger partial charge in [0.05, 0.1) is 0 Å². The second-order valence-electron chi connectivity index (χ2n) is 6.32. The van der Waals surface area contributed by atoms with E-state index >= 15 is 0 Å². The third kappa shape index (κ3) is 4.51. The number of hydrogen-bond donors (Lipinski definition) is 2. The van der Waals surface area contributed by atoms with E-state index in [0.29, 0.717) is 18.8 Å². The number of nitrogens with one attached hydrogen (secondary N) is 2. The number of alkyl carbamates (subject to hydrolysis) is 1. The summed E-state index contributed by atoms with van der Waals surface area (Å²) in [4.78, 5) is 28.7. The van der Waals surface area contributed by atoms with Crippen molar-refractivity contribution in [3.05, 3.63) is 24.0 Å². The summed E-state index contributed by atoms with van der Waals surface area (Å²) in [6.45, 7) is 6.71. The number of amides is 2. The number of carbonyl (C=O) groups excluding carboxylic acids is 2. The van der Waals surface area contributed by atoms with Gasteiger partial charge in [-0.1, -0.05) is 0 Å². The number of aromatic amines is 1. The standard InChI is InChI=1S/C15H23N3O3/c1-15(2,3)21-14(20)17-11-6-5-9-18(10-11)13(19)12-7-4-8-16-12/h4,7-8,11,16H,5-6,9-10H2,1-3H3,(H,17,20)/t11-/m1/s1. The minimum Gasteiger partial charge on any atom is -0.444 e. The molecule has 0 bridgehead atoms. The topological polar surface area (TPSA) is 74.4 Å². The van der Waals surface area contributed by atoms with Crippen molar-refractivity contribution in [2.24, 2.45) is 0 Å². The zero-order chi connectivity index (χ0) is 15.5. The molecule has 0 unspecified atom stereocenters. The molecular weight excluding hydrogens is 270 g/mol. The van der Waals surface area contributed by atoms with Gasteiger partial charge in [-0.05, 0) is 45.7 Å². The number of likely N-dealkylation sites (tertiary alicyclic amines) is 1. The Balaban J connectivity index is 1.89. The normalized spacial score (nSPS) is 19.2. The lowest BCUT2D eigenvalue weighted by atomic mass is 10.1. The number of rotatable bonds is 2. The molecule has 0 saturated carbocycles. The Hall–Kier alpha value is -1.98. The highest BCUT2D eigenvalue weighted by atomic mass is 16.6. The molecule has 1 aliphatic heterocycles. The summed E-state index contributed by atoms with van der Waals surface area (Å²) in [7, 11) is 0. The van der Waals surface area contributed by atoms with Crippen LogP contribution in [0.1, 0.15) is 44.1 Å². The van der Waals surface area contributed by atoms with Gasteiger partial charge in [0.25, 0.3) is 5.91 Å². The molecule has 21 heavy (non-hydrogen) atoms. The molecule has 2 heterocycles. The predicted molar refractivity (Wildman–Crippen MR) is 79.1 cm³/mol. The third-order valence-corrected chi connectivity index (χ3v) is 3.26. The van der Waals surface area contributed by atoms with E-state index in [4.69, 9.17) is 4.74 Å². The van der Waals surface area contributed by atoms with Gasteiger partial charge in [-0.3, -0.25) is 4.79 Å². The molecule has 0 aliphatic carbocycles. The van der Waals surface area contributed by atoms with Crippen LogP contribution in [-0.4, -0.2) is 46.6 Å². The zero-order valence-corrected chi connectivity index (χ0v) is 12.8. The number of hydrogen-bond acceptors (Lipinski definition) is 3. The molecule has 116 valence electrons. The van der Waals surface area contributed by atoms with E-state index in [0.717, 1.165) is 12.8 Å². The van der Waals surface area contributed by atoms with Crippen LogP contribution < -0.4 is 5.32 Å². The van der Waals surface area contributed by atoms with Gasteiger partial charge in [-0.15, -0.1) is 0 Å². The molecule has 0 spiro atoms. The first kappa shape index (κ1) is 15.4. The van der Waals surface area contributed by atoms with Crippen LogP contribution in [0.25, 0.3) is 0 Å². The first-order chi connectivity index (χ1) is 9.85. The van der Waals surface area contributed by atoms with Crippen molar-refractivity contribution in [1.29, 1.82) is 0 Å². The molecule has 1 aromatic heterocycles. The Labute approximate surface area is 124 Å². The van der Waals surface area contributed by atoms with Crippen LogP contribution in [0, 0.1) is 0 Å². The lowest BCUT2D eigenvalue weighted by Crippen LogP contribution is -2.50. The average Bonchev–Trinajstić information content (AvgIpc) is 2.89. The van der Waals surface area contributed by atoms with Gasteiger partial charge in [-0.25, -0.2) is 4.79 Å². The summed E-state index contributed by atoms with van der Waals surface area (Å²) in [5.41, 5.74) is 0.0614. The van der Waals surface area contributed by atoms with Crippen molar-refractivity contribution in [2.75, 3.05) is 13.1 Å². The maximum atomic E-state index is 12.3. The molecule has 1 atom stereocenters. The molecule has 2 amide bonds. The van der Waals surface area contributed by atoms with Gasteiger partial charge in [0.1, 0.15) is 11.3 Å². The lowest BCUT2D eigenvalue weighted by molar-refractivity contribution is 0.0451. The summed E-state index contributed by atoms with van der Waals surface area (Å²) in [6, 6.07) is 3.49. The molecular formula is C15H23N3O3. The molecule has 6 nitrogen and oxygen atoms in total. The highest BCUT2D eigenvalue weighted by Gasteiger charge is 2.27. The third-order valence-electron chi connectivity index (χ3n) is 3.26. The number of carbonyl (C=O) groups is 2. The minimum atomic E-state index is -0.515. The Bertz CT molecular complexity index is 491. The SMILES string of the molecule is CC(C)(C)OC(=O)N[C@@H]1CCCN(C(=O)c2ccc[nH]2)C1. The second kappa shape index (κ2) is 6.20. The molecule has 1 aromatic rings. The fourth-order valence-corrected chi connectivity index (χ4v) is 2.39. The van der Waals surface area contributed by atoms with E-state index in [-0.39, 0.29) is 11.9 Å². The van der Waals surface area contributed by atoms with E-state index in [1.807, 2.05) is 20.8 Å². The van der Waals surface area contributed by atoms with E-state index < -0.39 is 11.7 Å². The van der Waals surface area contributed by atoms with Crippen molar-refractivity contribution < 1.29 is 14.3 Å². The molecule has 6 heteroatoms. The Kier molecular flexibility index (Phi) is 4.55. The number of nitrogens with zero attached hydrogens (tertiary/aromatic N) is 1. The fraction of sp³-hybridized carbons (Fsp3) is 0.600. The molecule has 1 aliphatic rings. The van der Waals surface area contributed by atoms with Crippen molar-refractivity contribution >= 4 is 12.0 Å². The largest absolute Gasteiger partial charge is 0.444 e. The van der Waals surface area contributed by atoms with Crippen molar-refractivity contribution in [1.82, 2.24) is 15.2 Å². The fourth-order valence-electron chi connectivity index (χ4n) is 2.39. The van der Waals surface area contributed by atoms with E-state index in [9.17, 15) is 9.59 Å². The summed E-state index contributed by atoms with van der Waals surface area (Å²) < 4.78 is 5.25. The van der Waals surface area contributed by atoms with Crippen molar-refractivity contribution in [3.63, 3.8) is 0 Å². The number of H-pyrrole nitrogens is 1. The highest BCUT2D eigenvalue weighted by Crippen LogP contribution is 2.14. The highest BCUT2D eigenvalue weighted by molar-refractivity contribution is 5.92. The Morgan fingerprint density at radius 2 is 2.19 bits per heavy atom. The van der Waals surface area contributed by atoms with Gasteiger partial charge in [0.2, 0.25) is 0 Å². The van der Waals surface area contributed by atoms with Gasteiger partial charge in [0.15, 0.2) is 0 Å². The first-order valence-electron chi connectivity index (χ1n) is 7.27. The summed E-state index contributed by atoms with van der Waals surface area (Å²) in [6.07, 6.45) is 3.02. The quantitative estimate of drug-likeness (QED) is 0.877. The maximum Gasteiger partial charge on any atom is 0.407 e. The maximum absolute atomic E-state index is 12.3. The van der Waals surface area contributed by atoms with Gasteiger partial charge < -0.3 is 19.9 Å². The molecule has 2 rings (SSSR count). The summed E-state index contributed by atoms with van der Waals surface area (Å²) in [5, 5.41) is 2.84. The van der Waals surface area contributed by atoms with Crippen LogP contribution in [0.4, 0.5) is 4.79 Å². The summed E-state index contributed by atoms with van der Waals surface area (Å²) >= 11 is 0. The molecule has 0 aromatic carbocycles. The molecule has 1 fully saturated rings. The van der Waals surface area contributed by atoms with Crippen LogP contribution >= 0.6 is 0 Å². The first-order valence-corrected chi connectivity index (χ1v) is 7.27. The smallest absolute Gasteiger partial charge is 0.407 e. The Morgan fingerprint density at radius 3 is 2.81 bits per heavy atom. The van der Waals surface area contributed by atoms with Crippen LogP contribution in [0.15, 0.2) is 18.3 Å². The van der Waals surface area contributed by atoms with Crippen molar-refractivity contribution in [3.8, 4) is 0 Å². The van der Waals surface area contributed by atoms with Crippen LogP contribution in [-0.2, 0) is 4.74 Å². The average molecular weight is 293 g/mol. The van der Waals surface area contributed by atoms with Gasteiger partial charge >= 0.3 is 6.09 Å². The minimum absolute atomic E-state index is 0.0318. The monoisotopic (exact) mass is 293 g/mol.